The minimum absolute atomic E-state index is 0.285. The van der Waals surface area contributed by atoms with E-state index in [0.717, 1.165) is 0 Å². The van der Waals surface area contributed by atoms with Crippen molar-refractivity contribution in [3.05, 3.63) is 0 Å². The Kier molecular flexibility index (Phi) is 8.30. The predicted octanol–water partition coefficient (Wildman–Crippen LogP) is 1.81. The maximum Gasteiger partial charge on any atom is 0.0274 e. The molecule has 0 aliphatic heterocycles. The molecule has 0 aromatic rings. The quantitative estimate of drug-likeness (QED) is 0.755. The molecule has 0 aromatic carbocycles. The fourth-order valence-corrected chi connectivity index (χ4v) is 0.671. The molecule has 0 saturated carbocycles. The van der Waals surface area contributed by atoms with Gasteiger partial charge in [-0.15, -0.1) is 0 Å². The molecule has 0 aromatic heterocycles. The van der Waals surface area contributed by atoms with E-state index >= 15 is 0 Å². The van der Waals surface area contributed by atoms with Gasteiger partial charge in [0, 0.05) is 11.1 Å². The van der Waals surface area contributed by atoms with Crippen LogP contribution in [0.25, 0.3) is 0 Å². The number of rotatable bonds is 4. The van der Waals surface area contributed by atoms with Crippen molar-refractivity contribution in [3.63, 3.8) is 0 Å². The lowest BCUT2D eigenvalue weighted by Gasteiger charge is -2.34. The van der Waals surface area contributed by atoms with E-state index in [1.54, 1.807) is 0 Å². The molecule has 94 valence electrons. The van der Waals surface area contributed by atoms with Gasteiger partial charge in [-0.1, -0.05) is 20.8 Å². The van der Waals surface area contributed by atoms with E-state index in [2.05, 4.69) is 25.7 Å². The largest absolute Gasteiger partial charge is 0.324 e. The molecule has 0 radical (unpaired) electrons. The molecule has 0 amide bonds. The zero-order valence-corrected chi connectivity index (χ0v) is 11.7. The van der Waals surface area contributed by atoms with Crippen LogP contribution in [0, 0.1) is 0 Å². The predicted molar refractivity (Wildman–Crippen MR) is 70.0 cm³/mol. The molecule has 15 heavy (non-hydrogen) atoms. The molecule has 0 aliphatic carbocycles. The maximum atomic E-state index is 5.69. The minimum atomic E-state index is -0.285. The molecular weight excluding hydrogens is 186 g/mol. The van der Waals surface area contributed by atoms with Crippen molar-refractivity contribution in [1.82, 2.24) is 4.90 Å². The Morgan fingerprint density at radius 1 is 0.733 bits per heavy atom. The third-order valence-electron chi connectivity index (χ3n) is 3.00. The van der Waals surface area contributed by atoms with E-state index < -0.39 is 0 Å². The second-order valence-corrected chi connectivity index (χ2v) is 5.06. The lowest BCUT2D eigenvalue weighted by atomic mass is 9.85. The summed E-state index contributed by atoms with van der Waals surface area (Å²) in [5.41, 5.74) is 10.8. The molecule has 0 bridgehead atoms. The number of nitrogens with two attached hydrogens (primary N) is 2. The maximum absolute atomic E-state index is 5.69. The molecule has 3 heteroatoms. The Balaban J connectivity index is 0. The van der Waals surface area contributed by atoms with Crippen LogP contribution >= 0.6 is 0 Å². The fraction of sp³-hybridized carbons (Fsp3) is 1.00. The van der Waals surface area contributed by atoms with Gasteiger partial charge in [-0.2, -0.15) is 0 Å². The average Bonchev–Trinajstić information content (AvgIpc) is 2.05. The number of hydrogen-bond donors (Lipinski definition) is 2. The van der Waals surface area contributed by atoms with Gasteiger partial charge in [-0.05, 0) is 47.3 Å². The van der Waals surface area contributed by atoms with Crippen molar-refractivity contribution in [2.24, 2.45) is 11.5 Å². The standard InChI is InChI=1S/C6H16N2.C6H15N/c1-5(2,7)6(3,4)8;1-4-7(5-2)6-3/h7-8H2,1-4H3;4-6H2,1-3H3. The van der Waals surface area contributed by atoms with Crippen LogP contribution in [-0.4, -0.2) is 35.6 Å². The molecular formula is C12H31N3. The highest BCUT2D eigenvalue weighted by molar-refractivity contribution is 4.93. The van der Waals surface area contributed by atoms with Crippen molar-refractivity contribution in [2.45, 2.75) is 59.5 Å². The van der Waals surface area contributed by atoms with E-state index in [9.17, 15) is 0 Å². The number of hydrogen-bond acceptors (Lipinski definition) is 3. The van der Waals surface area contributed by atoms with Gasteiger partial charge in [-0.3, -0.25) is 0 Å². The number of nitrogens with zero attached hydrogens (tertiary/aromatic N) is 1. The molecule has 0 atom stereocenters. The Morgan fingerprint density at radius 3 is 0.933 bits per heavy atom. The second-order valence-electron chi connectivity index (χ2n) is 5.06. The zero-order valence-electron chi connectivity index (χ0n) is 11.7. The molecule has 0 spiro atoms. The molecule has 0 unspecified atom stereocenters. The molecule has 0 aliphatic rings. The Hall–Kier alpha value is -0.120. The van der Waals surface area contributed by atoms with E-state index in [4.69, 9.17) is 11.5 Å². The van der Waals surface area contributed by atoms with Gasteiger partial charge in [0.05, 0.1) is 0 Å². The van der Waals surface area contributed by atoms with Crippen LogP contribution in [0.3, 0.4) is 0 Å². The van der Waals surface area contributed by atoms with Crippen molar-refractivity contribution >= 4 is 0 Å². The highest BCUT2D eigenvalue weighted by Crippen LogP contribution is 2.13. The zero-order chi connectivity index (χ0) is 12.7. The van der Waals surface area contributed by atoms with Gasteiger partial charge in [0.15, 0.2) is 0 Å². The Labute approximate surface area is 96.2 Å². The first-order chi connectivity index (χ1) is 6.60. The van der Waals surface area contributed by atoms with Gasteiger partial charge in [0.2, 0.25) is 0 Å². The molecule has 3 nitrogen and oxygen atoms in total. The highest BCUT2D eigenvalue weighted by Gasteiger charge is 2.28. The summed E-state index contributed by atoms with van der Waals surface area (Å²) in [4.78, 5) is 2.38. The highest BCUT2D eigenvalue weighted by atomic mass is 15.1. The third-order valence-corrected chi connectivity index (χ3v) is 3.00. The van der Waals surface area contributed by atoms with Crippen LogP contribution in [0.2, 0.25) is 0 Å². The van der Waals surface area contributed by atoms with E-state index in [1.165, 1.54) is 19.6 Å². The first-order valence-electron chi connectivity index (χ1n) is 5.90. The minimum Gasteiger partial charge on any atom is -0.324 e. The topological polar surface area (TPSA) is 55.3 Å². The van der Waals surface area contributed by atoms with Gasteiger partial charge >= 0.3 is 0 Å². The van der Waals surface area contributed by atoms with Crippen LogP contribution in [0.15, 0.2) is 0 Å². The summed E-state index contributed by atoms with van der Waals surface area (Å²) in [6.07, 6.45) is 0. The SMILES string of the molecule is CC(C)(N)C(C)(C)N.CCN(CC)CC. The van der Waals surface area contributed by atoms with Crippen LogP contribution in [0.1, 0.15) is 48.5 Å². The van der Waals surface area contributed by atoms with E-state index in [-0.39, 0.29) is 11.1 Å². The summed E-state index contributed by atoms with van der Waals surface area (Å²) in [6, 6.07) is 0. The normalized spacial score (nSPS) is 12.4. The smallest absolute Gasteiger partial charge is 0.0274 e. The van der Waals surface area contributed by atoms with Gasteiger partial charge < -0.3 is 16.4 Å². The lowest BCUT2D eigenvalue weighted by molar-refractivity contribution is 0.309. The third kappa shape index (κ3) is 8.85. The van der Waals surface area contributed by atoms with Gasteiger partial charge in [-0.25, -0.2) is 0 Å². The Bertz CT molecular complexity index is 120. The summed E-state index contributed by atoms with van der Waals surface area (Å²) in [7, 11) is 0. The van der Waals surface area contributed by atoms with Crippen LogP contribution < -0.4 is 11.5 Å². The van der Waals surface area contributed by atoms with Crippen molar-refractivity contribution in [2.75, 3.05) is 19.6 Å². The molecule has 4 N–H and O–H groups in total. The average molecular weight is 217 g/mol. The monoisotopic (exact) mass is 217 g/mol. The molecule has 0 fully saturated rings. The van der Waals surface area contributed by atoms with Crippen LogP contribution in [0.4, 0.5) is 0 Å². The van der Waals surface area contributed by atoms with Crippen LogP contribution in [0.5, 0.6) is 0 Å². The van der Waals surface area contributed by atoms with E-state index in [0.29, 0.717) is 0 Å². The van der Waals surface area contributed by atoms with Crippen molar-refractivity contribution in [1.29, 1.82) is 0 Å². The fourth-order valence-electron chi connectivity index (χ4n) is 0.671. The first kappa shape index (κ1) is 17.3. The molecule has 0 saturated heterocycles. The lowest BCUT2D eigenvalue weighted by Crippen LogP contribution is -2.58. The van der Waals surface area contributed by atoms with E-state index in [1.807, 2.05) is 27.7 Å². The van der Waals surface area contributed by atoms with Crippen molar-refractivity contribution < 1.29 is 0 Å². The Morgan fingerprint density at radius 2 is 0.933 bits per heavy atom. The second kappa shape index (κ2) is 7.20. The summed E-state index contributed by atoms with van der Waals surface area (Å²) >= 11 is 0. The summed E-state index contributed by atoms with van der Waals surface area (Å²) in [5.74, 6) is 0. The summed E-state index contributed by atoms with van der Waals surface area (Å²) in [6.45, 7) is 17.8. The van der Waals surface area contributed by atoms with Gasteiger partial charge in [0.1, 0.15) is 0 Å². The first-order valence-corrected chi connectivity index (χ1v) is 5.90. The summed E-state index contributed by atoms with van der Waals surface area (Å²) in [5, 5.41) is 0. The molecule has 0 heterocycles. The van der Waals surface area contributed by atoms with Crippen LogP contribution in [-0.2, 0) is 0 Å². The summed E-state index contributed by atoms with van der Waals surface area (Å²) < 4.78 is 0. The van der Waals surface area contributed by atoms with Gasteiger partial charge in [0.25, 0.3) is 0 Å². The molecule has 0 rings (SSSR count). The van der Waals surface area contributed by atoms with Crippen molar-refractivity contribution in [3.8, 4) is 0 Å².